The maximum atomic E-state index is 12.5. The molecule has 2 aliphatic rings. The number of carbonyl (C=O) groups excluding carboxylic acids is 2. The van der Waals surface area contributed by atoms with Gasteiger partial charge >= 0.3 is 0 Å². The van der Waals surface area contributed by atoms with Crippen molar-refractivity contribution >= 4 is 11.6 Å². The fourth-order valence-electron chi connectivity index (χ4n) is 3.10. The molecule has 2 unspecified atom stereocenters. The zero-order valence-electron chi connectivity index (χ0n) is 10.7. The molecule has 1 aliphatic carbocycles. The molecule has 1 aromatic carbocycles. The summed E-state index contributed by atoms with van der Waals surface area (Å²) in [6.45, 7) is 1.71. The summed E-state index contributed by atoms with van der Waals surface area (Å²) in [7, 11) is 0. The molecule has 0 bridgehead atoms. The van der Waals surface area contributed by atoms with Crippen molar-refractivity contribution in [1.29, 1.82) is 0 Å². The molecule has 4 atom stereocenters. The molecule has 3 N–H and O–H groups in total. The first-order valence-corrected chi connectivity index (χ1v) is 6.38. The van der Waals surface area contributed by atoms with Crippen molar-refractivity contribution in [3.63, 3.8) is 0 Å². The van der Waals surface area contributed by atoms with Crippen LogP contribution in [0.3, 0.4) is 0 Å². The molecule has 1 aromatic rings. The van der Waals surface area contributed by atoms with E-state index < -0.39 is 29.7 Å². The van der Waals surface area contributed by atoms with Crippen molar-refractivity contribution < 1.29 is 29.6 Å². The standard InChI is InChI=1S/C14H14O6/c1-5-2-7-11(14(19)20-5)13(18)10-8(12(7)17)3-6(15)4-9(10)16/h3-5,7,11,14-16,19H,2H2,1H3/t5-,7?,11?,14+/m1/s1. The Labute approximate surface area is 114 Å². The molecule has 1 saturated heterocycles. The van der Waals surface area contributed by atoms with Gasteiger partial charge in [-0.3, -0.25) is 9.59 Å². The quantitative estimate of drug-likeness (QED) is 0.649. The van der Waals surface area contributed by atoms with Gasteiger partial charge in [0, 0.05) is 17.5 Å². The van der Waals surface area contributed by atoms with Gasteiger partial charge in [-0.05, 0) is 19.4 Å². The van der Waals surface area contributed by atoms with Gasteiger partial charge in [0.15, 0.2) is 17.9 Å². The topological polar surface area (TPSA) is 104 Å². The van der Waals surface area contributed by atoms with Crippen LogP contribution >= 0.6 is 0 Å². The van der Waals surface area contributed by atoms with Crippen molar-refractivity contribution in [1.82, 2.24) is 0 Å². The Hall–Kier alpha value is -1.92. The zero-order valence-corrected chi connectivity index (χ0v) is 10.7. The first kappa shape index (κ1) is 13.1. The monoisotopic (exact) mass is 278 g/mol. The van der Waals surface area contributed by atoms with Crippen LogP contribution < -0.4 is 0 Å². The number of phenolic OH excluding ortho intramolecular Hbond substituents is 2. The van der Waals surface area contributed by atoms with Crippen molar-refractivity contribution in [3.8, 4) is 11.5 Å². The lowest BCUT2D eigenvalue weighted by Crippen LogP contribution is -2.50. The van der Waals surface area contributed by atoms with Crippen molar-refractivity contribution in [2.45, 2.75) is 25.7 Å². The van der Waals surface area contributed by atoms with E-state index in [1.807, 2.05) is 0 Å². The molecule has 1 heterocycles. The Balaban J connectivity index is 2.17. The summed E-state index contributed by atoms with van der Waals surface area (Å²) >= 11 is 0. The molecule has 1 aliphatic heterocycles. The molecule has 6 heteroatoms. The number of hydrogen-bond donors (Lipinski definition) is 3. The summed E-state index contributed by atoms with van der Waals surface area (Å²) < 4.78 is 5.20. The number of carbonyl (C=O) groups is 2. The van der Waals surface area contributed by atoms with E-state index in [0.29, 0.717) is 6.42 Å². The molecule has 20 heavy (non-hydrogen) atoms. The Morgan fingerprint density at radius 1 is 1.20 bits per heavy atom. The molecule has 0 aromatic heterocycles. The maximum absolute atomic E-state index is 12.5. The number of fused-ring (bicyclic) bond motifs is 2. The fraction of sp³-hybridized carbons (Fsp3) is 0.429. The number of aliphatic hydroxyl groups excluding tert-OH is 1. The van der Waals surface area contributed by atoms with E-state index in [9.17, 15) is 24.9 Å². The molecule has 0 saturated carbocycles. The number of aliphatic hydroxyl groups is 1. The lowest BCUT2D eigenvalue weighted by molar-refractivity contribution is -0.188. The average molecular weight is 278 g/mol. The Bertz CT molecular complexity index is 608. The SMILES string of the molecule is C[C@@H]1CC2C(=O)c3cc(O)cc(O)c3C(=O)C2[C@@H](O)O1. The molecule has 3 rings (SSSR count). The van der Waals surface area contributed by atoms with Gasteiger partial charge < -0.3 is 20.1 Å². The number of Topliss-reactive ketones (excluding diaryl/α,β-unsaturated/α-hetero) is 2. The number of benzene rings is 1. The Kier molecular flexibility index (Phi) is 2.81. The van der Waals surface area contributed by atoms with Crippen LogP contribution in [0.4, 0.5) is 0 Å². The van der Waals surface area contributed by atoms with Gasteiger partial charge in [-0.15, -0.1) is 0 Å². The number of rotatable bonds is 0. The highest BCUT2D eigenvalue weighted by molar-refractivity contribution is 6.17. The predicted octanol–water partition coefficient (Wildman–Crippen LogP) is 0.836. The largest absolute Gasteiger partial charge is 0.508 e. The van der Waals surface area contributed by atoms with Crippen LogP contribution in [-0.2, 0) is 4.74 Å². The van der Waals surface area contributed by atoms with E-state index in [-0.39, 0.29) is 28.8 Å². The highest BCUT2D eigenvalue weighted by Gasteiger charge is 2.50. The number of hydrogen-bond acceptors (Lipinski definition) is 6. The smallest absolute Gasteiger partial charge is 0.176 e. The minimum Gasteiger partial charge on any atom is -0.508 e. The van der Waals surface area contributed by atoms with Crippen molar-refractivity contribution in [3.05, 3.63) is 23.3 Å². The second-order valence-electron chi connectivity index (χ2n) is 5.32. The second-order valence-corrected chi connectivity index (χ2v) is 5.32. The highest BCUT2D eigenvalue weighted by atomic mass is 16.6. The van der Waals surface area contributed by atoms with Gasteiger partial charge in [-0.2, -0.15) is 0 Å². The molecule has 0 radical (unpaired) electrons. The van der Waals surface area contributed by atoms with E-state index in [2.05, 4.69) is 0 Å². The summed E-state index contributed by atoms with van der Waals surface area (Å²) in [6, 6.07) is 2.18. The minimum atomic E-state index is -1.36. The van der Waals surface area contributed by atoms with Crippen LogP contribution in [0.15, 0.2) is 12.1 Å². The fourth-order valence-corrected chi connectivity index (χ4v) is 3.10. The Morgan fingerprint density at radius 2 is 1.90 bits per heavy atom. The molecule has 106 valence electrons. The molecule has 0 amide bonds. The van der Waals surface area contributed by atoms with Crippen molar-refractivity contribution in [2.24, 2.45) is 11.8 Å². The van der Waals surface area contributed by atoms with E-state index >= 15 is 0 Å². The van der Waals surface area contributed by atoms with Crippen LogP contribution in [0, 0.1) is 11.8 Å². The third-order valence-corrected chi connectivity index (χ3v) is 3.95. The zero-order chi connectivity index (χ0) is 14.6. The number of aromatic hydroxyl groups is 2. The molecular weight excluding hydrogens is 264 g/mol. The third kappa shape index (κ3) is 1.72. The van der Waals surface area contributed by atoms with Gasteiger partial charge in [0.1, 0.15) is 11.5 Å². The van der Waals surface area contributed by atoms with Crippen LogP contribution in [0.25, 0.3) is 0 Å². The van der Waals surface area contributed by atoms with Gasteiger partial charge in [0.05, 0.1) is 17.6 Å². The normalized spacial score (nSPS) is 32.7. The number of ether oxygens (including phenoxy) is 1. The molecule has 0 spiro atoms. The van der Waals surface area contributed by atoms with Crippen LogP contribution in [-0.4, -0.2) is 39.3 Å². The molecule has 1 fully saturated rings. The van der Waals surface area contributed by atoms with E-state index in [0.717, 1.165) is 6.07 Å². The average Bonchev–Trinajstić information content (AvgIpc) is 2.34. The van der Waals surface area contributed by atoms with E-state index in [1.165, 1.54) is 6.07 Å². The van der Waals surface area contributed by atoms with Gasteiger partial charge in [-0.25, -0.2) is 0 Å². The summed E-state index contributed by atoms with van der Waals surface area (Å²) in [5, 5.41) is 29.2. The predicted molar refractivity (Wildman–Crippen MR) is 66.6 cm³/mol. The van der Waals surface area contributed by atoms with Gasteiger partial charge in [0.25, 0.3) is 0 Å². The van der Waals surface area contributed by atoms with Crippen LogP contribution in [0.2, 0.25) is 0 Å². The van der Waals surface area contributed by atoms with E-state index in [4.69, 9.17) is 4.74 Å². The lowest BCUT2D eigenvalue weighted by atomic mass is 9.70. The molecular formula is C14H14O6. The first-order chi connectivity index (χ1) is 9.40. The maximum Gasteiger partial charge on any atom is 0.176 e. The summed E-state index contributed by atoms with van der Waals surface area (Å²) in [4.78, 5) is 24.9. The molecule has 6 nitrogen and oxygen atoms in total. The number of ketones is 2. The van der Waals surface area contributed by atoms with Gasteiger partial charge in [-0.1, -0.05) is 0 Å². The van der Waals surface area contributed by atoms with Crippen LogP contribution in [0.1, 0.15) is 34.1 Å². The summed E-state index contributed by atoms with van der Waals surface area (Å²) in [5.41, 5.74) is -0.138. The number of phenols is 2. The van der Waals surface area contributed by atoms with Crippen LogP contribution in [0.5, 0.6) is 11.5 Å². The van der Waals surface area contributed by atoms with Crippen molar-refractivity contribution in [2.75, 3.05) is 0 Å². The van der Waals surface area contributed by atoms with E-state index in [1.54, 1.807) is 6.92 Å². The lowest BCUT2D eigenvalue weighted by Gasteiger charge is -2.39. The second kappa shape index (κ2) is 4.29. The minimum absolute atomic E-state index is 0.00931. The third-order valence-electron chi connectivity index (χ3n) is 3.95. The summed E-state index contributed by atoms with van der Waals surface area (Å²) in [5.74, 6) is -3.30. The summed E-state index contributed by atoms with van der Waals surface area (Å²) in [6.07, 6.45) is -1.38. The first-order valence-electron chi connectivity index (χ1n) is 6.38. The Morgan fingerprint density at radius 3 is 2.60 bits per heavy atom. The highest BCUT2D eigenvalue weighted by Crippen LogP contribution is 2.43. The van der Waals surface area contributed by atoms with Gasteiger partial charge in [0.2, 0.25) is 0 Å².